The first-order valence-electron chi connectivity index (χ1n) is 4.84. The molecule has 3 heteroatoms. The second-order valence-electron chi connectivity index (χ2n) is 3.09. The highest BCUT2D eigenvalue weighted by atomic mass is 18.2. The standard InChI is InChI=1S/C10H17FO2/c11-6-8-12-9-10-5-3-1-2-4-7-13-10/h1-2,10H,3-9H2/b2-1+/t10-/m1/s1/i11-1. The Morgan fingerprint density at radius 3 is 3.08 bits per heavy atom. The van der Waals surface area contributed by atoms with E-state index in [1.807, 2.05) is 0 Å². The topological polar surface area (TPSA) is 18.5 Å². The Bertz CT molecular complexity index is 148. The van der Waals surface area contributed by atoms with Crippen molar-refractivity contribution in [2.45, 2.75) is 25.4 Å². The number of rotatable bonds is 4. The molecular weight excluding hydrogens is 170 g/mol. The summed E-state index contributed by atoms with van der Waals surface area (Å²) in [5, 5.41) is 0. The van der Waals surface area contributed by atoms with Crippen molar-refractivity contribution in [1.82, 2.24) is 0 Å². The quantitative estimate of drug-likeness (QED) is 0.495. The first-order chi connectivity index (χ1) is 6.43. The molecule has 1 heterocycles. The van der Waals surface area contributed by atoms with Gasteiger partial charge in [-0.1, -0.05) is 12.2 Å². The van der Waals surface area contributed by atoms with Crippen LogP contribution < -0.4 is 0 Å². The smallest absolute Gasteiger partial charge is 0.113 e. The fourth-order valence-electron chi connectivity index (χ4n) is 1.30. The number of allylic oxidation sites excluding steroid dienone is 1. The summed E-state index contributed by atoms with van der Waals surface area (Å²) in [7, 11) is 0. The third-order valence-electron chi connectivity index (χ3n) is 1.99. The van der Waals surface area contributed by atoms with Gasteiger partial charge in [0.25, 0.3) is 0 Å². The largest absolute Gasteiger partial charge is 0.376 e. The van der Waals surface area contributed by atoms with Gasteiger partial charge < -0.3 is 9.47 Å². The normalized spacial score (nSPS) is 26.4. The predicted molar refractivity (Wildman–Crippen MR) is 49.5 cm³/mol. The van der Waals surface area contributed by atoms with Crippen LogP contribution in [0.4, 0.5) is 4.39 Å². The molecule has 0 saturated heterocycles. The monoisotopic (exact) mass is 187 g/mol. The minimum atomic E-state index is -0.410. The lowest BCUT2D eigenvalue weighted by atomic mass is 10.1. The minimum Gasteiger partial charge on any atom is -0.376 e. The van der Waals surface area contributed by atoms with Gasteiger partial charge in [0.1, 0.15) is 6.67 Å². The Morgan fingerprint density at radius 1 is 1.38 bits per heavy atom. The summed E-state index contributed by atoms with van der Waals surface area (Å²) >= 11 is 0. The Morgan fingerprint density at radius 2 is 2.23 bits per heavy atom. The van der Waals surface area contributed by atoms with Crippen molar-refractivity contribution < 1.29 is 13.9 Å². The van der Waals surface area contributed by atoms with Crippen molar-refractivity contribution in [3.8, 4) is 0 Å². The van der Waals surface area contributed by atoms with E-state index in [4.69, 9.17) is 9.47 Å². The molecule has 0 radical (unpaired) electrons. The minimum absolute atomic E-state index is 0.150. The lowest BCUT2D eigenvalue weighted by molar-refractivity contribution is -0.0218. The molecule has 0 spiro atoms. The molecule has 0 bridgehead atoms. The summed E-state index contributed by atoms with van der Waals surface area (Å²) in [6.45, 7) is 1.06. The molecule has 1 rings (SSSR count). The van der Waals surface area contributed by atoms with Crippen molar-refractivity contribution >= 4 is 0 Å². The van der Waals surface area contributed by atoms with Gasteiger partial charge in [-0.3, -0.25) is 0 Å². The van der Waals surface area contributed by atoms with Crippen molar-refractivity contribution in [2.24, 2.45) is 0 Å². The van der Waals surface area contributed by atoms with E-state index in [0.717, 1.165) is 25.9 Å². The SMILES string of the molecule is [18F]CCOC[C@H]1CC/C=C/CCO1. The van der Waals surface area contributed by atoms with Gasteiger partial charge in [-0.2, -0.15) is 0 Å². The van der Waals surface area contributed by atoms with E-state index in [9.17, 15) is 4.39 Å². The summed E-state index contributed by atoms with van der Waals surface area (Å²) in [4.78, 5) is 0. The molecule has 0 aromatic carbocycles. The van der Waals surface area contributed by atoms with Crippen LogP contribution in [0.5, 0.6) is 0 Å². The zero-order valence-electron chi connectivity index (χ0n) is 7.88. The molecule has 1 aliphatic heterocycles. The molecule has 0 fully saturated rings. The Kier molecular flexibility index (Phi) is 5.78. The Labute approximate surface area is 78.7 Å². The molecule has 76 valence electrons. The fourth-order valence-corrected chi connectivity index (χ4v) is 1.30. The van der Waals surface area contributed by atoms with Gasteiger partial charge in [0.05, 0.1) is 25.9 Å². The maximum Gasteiger partial charge on any atom is 0.113 e. The molecule has 2 nitrogen and oxygen atoms in total. The summed E-state index contributed by atoms with van der Waals surface area (Å²) in [6.07, 6.45) is 7.44. The molecule has 1 aliphatic rings. The molecule has 0 N–H and O–H groups in total. The van der Waals surface area contributed by atoms with Gasteiger partial charge in [-0.15, -0.1) is 0 Å². The van der Waals surface area contributed by atoms with E-state index < -0.39 is 6.67 Å². The van der Waals surface area contributed by atoms with Gasteiger partial charge in [-0.05, 0) is 19.3 Å². The van der Waals surface area contributed by atoms with Crippen molar-refractivity contribution in [3.63, 3.8) is 0 Å². The van der Waals surface area contributed by atoms with Crippen LogP contribution >= 0.6 is 0 Å². The van der Waals surface area contributed by atoms with Gasteiger partial charge >= 0.3 is 0 Å². The third-order valence-corrected chi connectivity index (χ3v) is 1.99. The second kappa shape index (κ2) is 7.04. The average Bonchev–Trinajstić information content (AvgIpc) is 2.08. The van der Waals surface area contributed by atoms with Crippen molar-refractivity contribution in [2.75, 3.05) is 26.5 Å². The fraction of sp³-hybridized carbons (Fsp3) is 0.800. The van der Waals surface area contributed by atoms with E-state index >= 15 is 0 Å². The van der Waals surface area contributed by atoms with E-state index in [1.54, 1.807) is 0 Å². The van der Waals surface area contributed by atoms with Crippen LogP contribution in [0.25, 0.3) is 0 Å². The Hall–Kier alpha value is -0.410. The first-order valence-corrected chi connectivity index (χ1v) is 4.84. The summed E-state index contributed by atoms with van der Waals surface area (Å²) in [6, 6.07) is 0. The number of hydrogen-bond donors (Lipinski definition) is 0. The zero-order chi connectivity index (χ0) is 9.36. The summed E-state index contributed by atoms with van der Waals surface area (Å²) in [5.74, 6) is 0. The van der Waals surface area contributed by atoms with Gasteiger partial charge in [0.15, 0.2) is 0 Å². The lowest BCUT2D eigenvalue weighted by Crippen LogP contribution is -2.21. The number of ether oxygens (including phenoxy) is 2. The van der Waals surface area contributed by atoms with Crippen molar-refractivity contribution in [3.05, 3.63) is 12.2 Å². The van der Waals surface area contributed by atoms with Gasteiger partial charge in [0, 0.05) is 0 Å². The maximum absolute atomic E-state index is 11.7. The van der Waals surface area contributed by atoms with Gasteiger partial charge in [0.2, 0.25) is 0 Å². The molecule has 0 aromatic rings. The van der Waals surface area contributed by atoms with Crippen LogP contribution in [0.15, 0.2) is 12.2 Å². The predicted octanol–water partition coefficient (Wildman–Crippen LogP) is 2.10. The number of hydrogen-bond acceptors (Lipinski definition) is 2. The zero-order valence-corrected chi connectivity index (χ0v) is 7.88. The van der Waals surface area contributed by atoms with Crippen LogP contribution in [0.2, 0.25) is 0 Å². The molecule has 0 amide bonds. The van der Waals surface area contributed by atoms with E-state index in [-0.39, 0.29) is 12.7 Å². The van der Waals surface area contributed by atoms with E-state index in [2.05, 4.69) is 12.2 Å². The summed E-state index contributed by atoms with van der Waals surface area (Å²) in [5.41, 5.74) is 0. The molecule has 13 heavy (non-hydrogen) atoms. The van der Waals surface area contributed by atoms with Crippen LogP contribution in [0.1, 0.15) is 19.3 Å². The van der Waals surface area contributed by atoms with E-state index in [1.165, 1.54) is 0 Å². The first kappa shape index (κ1) is 10.7. The molecule has 0 saturated carbocycles. The van der Waals surface area contributed by atoms with Crippen LogP contribution in [-0.4, -0.2) is 32.6 Å². The lowest BCUT2D eigenvalue weighted by Gasteiger charge is -2.18. The highest BCUT2D eigenvalue weighted by molar-refractivity contribution is 4.84. The average molecular weight is 187 g/mol. The molecular formula is C10H17FO2. The van der Waals surface area contributed by atoms with Crippen LogP contribution in [-0.2, 0) is 9.47 Å². The highest BCUT2D eigenvalue weighted by Gasteiger charge is 2.09. The van der Waals surface area contributed by atoms with Crippen LogP contribution in [0.3, 0.4) is 0 Å². The number of alkyl halides is 1. The Balaban J connectivity index is 2.12. The molecule has 0 aromatic heterocycles. The van der Waals surface area contributed by atoms with Crippen molar-refractivity contribution in [1.29, 1.82) is 0 Å². The van der Waals surface area contributed by atoms with Gasteiger partial charge in [-0.25, -0.2) is 4.39 Å². The second-order valence-corrected chi connectivity index (χ2v) is 3.09. The van der Waals surface area contributed by atoms with E-state index in [0.29, 0.717) is 6.61 Å². The maximum atomic E-state index is 11.7. The number of halogens is 1. The molecule has 0 unspecified atom stereocenters. The molecule has 0 aliphatic carbocycles. The third kappa shape index (κ3) is 5.01. The van der Waals surface area contributed by atoms with Crippen LogP contribution in [0, 0.1) is 0 Å². The summed E-state index contributed by atoms with van der Waals surface area (Å²) < 4.78 is 22.3. The molecule has 1 atom stereocenters. The highest BCUT2D eigenvalue weighted by Crippen LogP contribution is 2.08.